The Morgan fingerprint density at radius 3 is 2.55 bits per heavy atom. The number of hydrogen-bond donors (Lipinski definition) is 0. The highest BCUT2D eigenvalue weighted by atomic mass is 35.5. The molecule has 0 bridgehead atoms. The quantitative estimate of drug-likeness (QED) is 0.649. The molecule has 1 atom stereocenters. The Bertz CT molecular complexity index is 581. The highest BCUT2D eigenvalue weighted by Gasteiger charge is 2.05. The molecule has 1 nitrogen and oxygen atoms in total. The normalized spacial score (nSPS) is 12.2. The largest absolute Gasteiger partial charge is 0.489 e. The summed E-state index contributed by atoms with van der Waals surface area (Å²) in [7, 11) is 0. The van der Waals surface area contributed by atoms with Crippen molar-refractivity contribution in [1.82, 2.24) is 0 Å². The van der Waals surface area contributed by atoms with Gasteiger partial charge in [0.25, 0.3) is 0 Å². The van der Waals surface area contributed by atoms with E-state index in [0.29, 0.717) is 22.6 Å². The van der Waals surface area contributed by atoms with Crippen molar-refractivity contribution < 1.29 is 4.74 Å². The van der Waals surface area contributed by atoms with E-state index in [9.17, 15) is 0 Å². The summed E-state index contributed by atoms with van der Waals surface area (Å²) in [6, 6.07) is 13.8. The fraction of sp³-hybridized carbons (Fsp3) is 0.294. The molecule has 0 amide bonds. The molecule has 0 saturated carbocycles. The van der Waals surface area contributed by atoms with Crippen molar-refractivity contribution in [3.63, 3.8) is 0 Å². The van der Waals surface area contributed by atoms with Crippen molar-refractivity contribution in [2.24, 2.45) is 0 Å². The summed E-state index contributed by atoms with van der Waals surface area (Å²) in [5, 5.41) is 1.12. The lowest BCUT2D eigenvalue weighted by molar-refractivity contribution is 0.306. The molecule has 0 aromatic heterocycles. The zero-order chi connectivity index (χ0) is 14.5. The van der Waals surface area contributed by atoms with E-state index in [2.05, 4.69) is 26.0 Å². The van der Waals surface area contributed by atoms with E-state index in [1.54, 1.807) is 6.07 Å². The first-order valence-electron chi connectivity index (χ1n) is 6.77. The van der Waals surface area contributed by atoms with Crippen molar-refractivity contribution in [2.75, 3.05) is 0 Å². The van der Waals surface area contributed by atoms with Crippen LogP contribution >= 0.6 is 23.2 Å². The summed E-state index contributed by atoms with van der Waals surface area (Å²) in [5.74, 6) is 1.43. The van der Waals surface area contributed by atoms with Crippen LogP contribution in [0.25, 0.3) is 0 Å². The van der Waals surface area contributed by atoms with Crippen molar-refractivity contribution in [3.8, 4) is 5.75 Å². The van der Waals surface area contributed by atoms with Gasteiger partial charge in [0.2, 0.25) is 0 Å². The van der Waals surface area contributed by atoms with Crippen LogP contribution in [0.4, 0.5) is 0 Å². The van der Waals surface area contributed by atoms with Crippen LogP contribution in [0.5, 0.6) is 5.75 Å². The average molecular weight is 309 g/mol. The van der Waals surface area contributed by atoms with E-state index >= 15 is 0 Å². The maximum absolute atomic E-state index is 5.99. The summed E-state index contributed by atoms with van der Waals surface area (Å²) in [6.45, 7) is 4.90. The van der Waals surface area contributed by atoms with Crippen molar-refractivity contribution in [1.29, 1.82) is 0 Å². The van der Waals surface area contributed by atoms with Gasteiger partial charge in [-0.25, -0.2) is 0 Å². The molecule has 0 aliphatic rings. The minimum absolute atomic E-state index is 0.487. The zero-order valence-corrected chi connectivity index (χ0v) is 13.2. The highest BCUT2D eigenvalue weighted by molar-refractivity contribution is 6.42. The monoisotopic (exact) mass is 308 g/mol. The van der Waals surface area contributed by atoms with Gasteiger partial charge in [0.15, 0.2) is 0 Å². The molecular weight excluding hydrogens is 291 g/mol. The van der Waals surface area contributed by atoms with E-state index in [0.717, 1.165) is 17.7 Å². The van der Waals surface area contributed by atoms with Crippen LogP contribution in [0.3, 0.4) is 0 Å². The smallest absolute Gasteiger partial charge is 0.120 e. The van der Waals surface area contributed by atoms with Crippen LogP contribution in [0.1, 0.15) is 37.3 Å². The van der Waals surface area contributed by atoms with Gasteiger partial charge in [-0.3, -0.25) is 0 Å². The fourth-order valence-corrected chi connectivity index (χ4v) is 2.26. The lowest BCUT2D eigenvalue weighted by Gasteiger charge is -2.12. The molecule has 2 aromatic rings. The molecule has 0 N–H and O–H groups in total. The molecule has 20 heavy (non-hydrogen) atoms. The first kappa shape index (κ1) is 15.2. The second-order valence-corrected chi connectivity index (χ2v) is 5.73. The topological polar surface area (TPSA) is 9.23 Å². The van der Waals surface area contributed by atoms with Crippen LogP contribution in [-0.2, 0) is 6.61 Å². The van der Waals surface area contributed by atoms with E-state index in [1.807, 2.05) is 24.3 Å². The summed E-state index contributed by atoms with van der Waals surface area (Å²) in [4.78, 5) is 0. The highest BCUT2D eigenvalue weighted by Crippen LogP contribution is 2.25. The molecule has 106 valence electrons. The molecule has 0 heterocycles. The molecule has 3 heteroatoms. The van der Waals surface area contributed by atoms with Gasteiger partial charge in [0, 0.05) is 0 Å². The van der Waals surface area contributed by atoms with Gasteiger partial charge in [-0.05, 0) is 47.7 Å². The minimum Gasteiger partial charge on any atom is -0.489 e. The van der Waals surface area contributed by atoms with Crippen LogP contribution in [-0.4, -0.2) is 0 Å². The Morgan fingerprint density at radius 2 is 1.85 bits per heavy atom. The Morgan fingerprint density at radius 1 is 1.05 bits per heavy atom. The molecule has 0 radical (unpaired) electrons. The minimum atomic E-state index is 0.487. The molecule has 1 unspecified atom stereocenters. The van der Waals surface area contributed by atoms with Crippen LogP contribution in [0.15, 0.2) is 42.5 Å². The average Bonchev–Trinajstić information content (AvgIpc) is 2.48. The van der Waals surface area contributed by atoms with Gasteiger partial charge in [0.05, 0.1) is 10.0 Å². The summed E-state index contributed by atoms with van der Waals surface area (Å²) < 4.78 is 5.82. The van der Waals surface area contributed by atoms with Gasteiger partial charge >= 0.3 is 0 Å². The first-order chi connectivity index (χ1) is 9.60. The van der Waals surface area contributed by atoms with Gasteiger partial charge in [-0.1, -0.05) is 55.2 Å². The molecule has 2 aromatic carbocycles. The van der Waals surface area contributed by atoms with Crippen molar-refractivity contribution in [3.05, 3.63) is 63.6 Å². The summed E-state index contributed by atoms with van der Waals surface area (Å²) in [5.41, 5.74) is 2.31. The second kappa shape index (κ2) is 7.01. The Kier molecular flexibility index (Phi) is 5.33. The zero-order valence-electron chi connectivity index (χ0n) is 11.7. The van der Waals surface area contributed by atoms with Gasteiger partial charge in [-0.2, -0.15) is 0 Å². The number of halogens is 2. The molecule has 0 saturated heterocycles. The summed E-state index contributed by atoms with van der Waals surface area (Å²) in [6.07, 6.45) is 1.12. The van der Waals surface area contributed by atoms with Crippen molar-refractivity contribution in [2.45, 2.75) is 32.8 Å². The third-order valence-corrected chi connectivity index (χ3v) is 4.17. The molecule has 0 fully saturated rings. The SMILES string of the molecule is CCC(C)c1cccc(OCc2ccc(Cl)c(Cl)c2)c1. The Hall–Kier alpha value is -1.18. The molecule has 2 rings (SSSR count). The lowest BCUT2D eigenvalue weighted by Crippen LogP contribution is -1.97. The first-order valence-corrected chi connectivity index (χ1v) is 7.52. The third kappa shape index (κ3) is 3.91. The Labute approximate surface area is 130 Å². The molecule has 0 aliphatic carbocycles. The predicted molar refractivity (Wildman–Crippen MR) is 85.9 cm³/mol. The third-order valence-electron chi connectivity index (χ3n) is 3.43. The maximum atomic E-state index is 5.99. The van der Waals surface area contributed by atoms with E-state index in [4.69, 9.17) is 27.9 Å². The number of rotatable bonds is 5. The van der Waals surface area contributed by atoms with E-state index in [-0.39, 0.29) is 0 Å². The van der Waals surface area contributed by atoms with E-state index < -0.39 is 0 Å². The van der Waals surface area contributed by atoms with Crippen molar-refractivity contribution >= 4 is 23.2 Å². The molecule has 0 aliphatic heterocycles. The van der Waals surface area contributed by atoms with Gasteiger partial charge < -0.3 is 4.74 Å². The molecule has 0 spiro atoms. The standard InChI is InChI=1S/C17H18Cl2O/c1-3-12(2)14-5-4-6-15(10-14)20-11-13-7-8-16(18)17(19)9-13/h4-10,12H,3,11H2,1-2H3. The van der Waals surface area contributed by atoms with Crippen LogP contribution in [0.2, 0.25) is 10.0 Å². The van der Waals surface area contributed by atoms with Crippen LogP contribution < -0.4 is 4.74 Å². The molecular formula is C17H18Cl2O. The van der Waals surface area contributed by atoms with Gasteiger partial charge in [0.1, 0.15) is 12.4 Å². The summed E-state index contributed by atoms with van der Waals surface area (Å²) >= 11 is 11.9. The number of hydrogen-bond acceptors (Lipinski definition) is 1. The van der Waals surface area contributed by atoms with E-state index in [1.165, 1.54) is 5.56 Å². The van der Waals surface area contributed by atoms with Crippen LogP contribution in [0, 0.1) is 0 Å². The fourth-order valence-electron chi connectivity index (χ4n) is 1.94. The Balaban J connectivity index is 2.05. The number of benzene rings is 2. The van der Waals surface area contributed by atoms with Gasteiger partial charge in [-0.15, -0.1) is 0 Å². The lowest BCUT2D eigenvalue weighted by atomic mass is 9.99. The second-order valence-electron chi connectivity index (χ2n) is 4.92. The number of ether oxygens (including phenoxy) is 1. The predicted octanol–water partition coefficient (Wildman–Crippen LogP) is 6.09. The maximum Gasteiger partial charge on any atom is 0.120 e.